The van der Waals surface area contributed by atoms with Gasteiger partial charge in [0.2, 0.25) is 0 Å². The maximum absolute atomic E-state index is 4.02. The first-order chi connectivity index (χ1) is 7.36. The zero-order chi connectivity index (χ0) is 10.5. The highest BCUT2D eigenvalue weighted by Gasteiger charge is 2.19. The average Bonchev–Trinajstić information content (AvgIpc) is 3.04. The van der Waals surface area contributed by atoms with Gasteiger partial charge in [-0.25, -0.2) is 0 Å². The molecule has 0 amide bonds. The molecule has 0 saturated heterocycles. The fourth-order valence-corrected chi connectivity index (χ4v) is 1.81. The SMILES string of the molecule is Brc1cnccc1NCCCNC1CC1. The molecule has 15 heavy (non-hydrogen) atoms. The van der Waals surface area contributed by atoms with Crippen LogP contribution in [0.15, 0.2) is 22.9 Å². The van der Waals surface area contributed by atoms with Gasteiger partial charge < -0.3 is 10.6 Å². The van der Waals surface area contributed by atoms with Crippen LogP contribution >= 0.6 is 15.9 Å². The van der Waals surface area contributed by atoms with E-state index in [0.717, 1.165) is 35.7 Å². The van der Waals surface area contributed by atoms with Crippen molar-refractivity contribution in [1.82, 2.24) is 10.3 Å². The number of anilines is 1. The van der Waals surface area contributed by atoms with Gasteiger partial charge >= 0.3 is 0 Å². The normalized spacial score (nSPS) is 15.3. The summed E-state index contributed by atoms with van der Waals surface area (Å²) in [7, 11) is 0. The highest BCUT2D eigenvalue weighted by Crippen LogP contribution is 2.20. The van der Waals surface area contributed by atoms with Crippen LogP contribution in [0.1, 0.15) is 19.3 Å². The summed E-state index contributed by atoms with van der Waals surface area (Å²) >= 11 is 3.46. The Morgan fingerprint density at radius 2 is 2.27 bits per heavy atom. The standard InChI is InChI=1S/C11H16BrN3/c12-10-8-13-7-4-11(10)15-6-1-5-14-9-2-3-9/h4,7-9,14H,1-3,5-6H2,(H,13,15). The van der Waals surface area contributed by atoms with Crippen molar-refractivity contribution in [3.8, 4) is 0 Å². The lowest BCUT2D eigenvalue weighted by atomic mass is 10.3. The molecule has 1 aromatic heterocycles. The van der Waals surface area contributed by atoms with Crippen molar-refractivity contribution < 1.29 is 0 Å². The molecular weight excluding hydrogens is 254 g/mol. The zero-order valence-electron chi connectivity index (χ0n) is 8.67. The van der Waals surface area contributed by atoms with Crippen molar-refractivity contribution in [1.29, 1.82) is 0 Å². The van der Waals surface area contributed by atoms with E-state index < -0.39 is 0 Å². The van der Waals surface area contributed by atoms with Crippen molar-refractivity contribution >= 4 is 21.6 Å². The van der Waals surface area contributed by atoms with Crippen LogP contribution in [0.25, 0.3) is 0 Å². The fourth-order valence-electron chi connectivity index (χ4n) is 1.42. The summed E-state index contributed by atoms with van der Waals surface area (Å²) < 4.78 is 1.03. The van der Waals surface area contributed by atoms with Gasteiger partial charge in [0.15, 0.2) is 0 Å². The Bertz CT molecular complexity index is 312. The Labute approximate surface area is 98.8 Å². The van der Waals surface area contributed by atoms with E-state index in [1.807, 2.05) is 12.3 Å². The number of aromatic nitrogens is 1. The van der Waals surface area contributed by atoms with Gasteiger partial charge in [-0.15, -0.1) is 0 Å². The Hall–Kier alpha value is -0.610. The van der Waals surface area contributed by atoms with Crippen LogP contribution in [-0.4, -0.2) is 24.1 Å². The van der Waals surface area contributed by atoms with Crippen molar-refractivity contribution in [3.63, 3.8) is 0 Å². The molecule has 3 nitrogen and oxygen atoms in total. The van der Waals surface area contributed by atoms with Crippen LogP contribution in [0.5, 0.6) is 0 Å². The van der Waals surface area contributed by atoms with E-state index in [4.69, 9.17) is 0 Å². The Balaban J connectivity index is 1.62. The van der Waals surface area contributed by atoms with Gasteiger partial charge in [0, 0.05) is 25.0 Å². The predicted octanol–water partition coefficient (Wildman–Crippen LogP) is 2.40. The molecule has 1 heterocycles. The van der Waals surface area contributed by atoms with Gasteiger partial charge in [0.1, 0.15) is 0 Å². The second-order valence-electron chi connectivity index (χ2n) is 3.86. The van der Waals surface area contributed by atoms with Crippen molar-refractivity contribution in [3.05, 3.63) is 22.9 Å². The van der Waals surface area contributed by atoms with Crippen LogP contribution in [0.4, 0.5) is 5.69 Å². The summed E-state index contributed by atoms with van der Waals surface area (Å²) in [6, 6.07) is 2.80. The quantitative estimate of drug-likeness (QED) is 0.779. The number of hydrogen-bond acceptors (Lipinski definition) is 3. The molecule has 4 heteroatoms. The van der Waals surface area contributed by atoms with E-state index in [-0.39, 0.29) is 0 Å². The van der Waals surface area contributed by atoms with Gasteiger partial charge in [-0.05, 0) is 47.8 Å². The lowest BCUT2D eigenvalue weighted by Crippen LogP contribution is -2.19. The van der Waals surface area contributed by atoms with Crippen molar-refractivity contribution in [2.75, 3.05) is 18.4 Å². The third-order valence-corrected chi connectivity index (χ3v) is 3.08. The molecule has 0 bridgehead atoms. The first kappa shape index (κ1) is 10.9. The van der Waals surface area contributed by atoms with Crippen LogP contribution in [0, 0.1) is 0 Å². The van der Waals surface area contributed by atoms with E-state index in [0.29, 0.717) is 0 Å². The molecule has 0 spiro atoms. The van der Waals surface area contributed by atoms with E-state index in [1.54, 1.807) is 6.20 Å². The third-order valence-electron chi connectivity index (χ3n) is 2.45. The first-order valence-electron chi connectivity index (χ1n) is 5.43. The summed E-state index contributed by atoms with van der Waals surface area (Å²) in [5.41, 5.74) is 1.12. The minimum absolute atomic E-state index is 0.817. The van der Waals surface area contributed by atoms with Crippen LogP contribution in [-0.2, 0) is 0 Å². The largest absolute Gasteiger partial charge is 0.384 e. The lowest BCUT2D eigenvalue weighted by Gasteiger charge is -2.08. The summed E-state index contributed by atoms with van der Waals surface area (Å²) in [5, 5.41) is 6.87. The molecule has 1 aliphatic carbocycles. The minimum Gasteiger partial charge on any atom is -0.384 e. The predicted molar refractivity (Wildman–Crippen MR) is 66.1 cm³/mol. The number of nitrogens with zero attached hydrogens (tertiary/aromatic N) is 1. The number of hydrogen-bond donors (Lipinski definition) is 2. The summed E-state index contributed by atoms with van der Waals surface area (Å²) in [4.78, 5) is 4.02. The van der Waals surface area contributed by atoms with Crippen LogP contribution in [0.3, 0.4) is 0 Å². The highest BCUT2D eigenvalue weighted by atomic mass is 79.9. The Morgan fingerprint density at radius 1 is 1.40 bits per heavy atom. The fraction of sp³-hybridized carbons (Fsp3) is 0.545. The summed E-state index contributed by atoms with van der Waals surface area (Å²) in [5.74, 6) is 0. The maximum atomic E-state index is 4.02. The molecule has 0 radical (unpaired) electrons. The minimum atomic E-state index is 0.817. The molecular formula is C11H16BrN3. The smallest absolute Gasteiger partial charge is 0.0590 e. The topological polar surface area (TPSA) is 37.0 Å². The van der Waals surface area contributed by atoms with E-state index in [1.165, 1.54) is 12.8 Å². The second-order valence-corrected chi connectivity index (χ2v) is 4.72. The third kappa shape index (κ3) is 3.80. The molecule has 0 atom stereocenters. The van der Waals surface area contributed by atoms with Crippen molar-refractivity contribution in [2.45, 2.75) is 25.3 Å². The molecule has 1 fully saturated rings. The van der Waals surface area contributed by atoms with Gasteiger partial charge in [-0.3, -0.25) is 4.98 Å². The molecule has 0 aliphatic heterocycles. The monoisotopic (exact) mass is 269 g/mol. The molecule has 1 aliphatic rings. The van der Waals surface area contributed by atoms with E-state index >= 15 is 0 Å². The molecule has 1 aromatic rings. The van der Waals surface area contributed by atoms with Crippen LogP contribution < -0.4 is 10.6 Å². The van der Waals surface area contributed by atoms with E-state index in [2.05, 4.69) is 31.5 Å². The first-order valence-corrected chi connectivity index (χ1v) is 6.22. The molecule has 2 rings (SSSR count). The molecule has 1 saturated carbocycles. The number of pyridine rings is 1. The van der Waals surface area contributed by atoms with E-state index in [9.17, 15) is 0 Å². The van der Waals surface area contributed by atoms with Gasteiger partial charge in [0.05, 0.1) is 10.2 Å². The maximum Gasteiger partial charge on any atom is 0.0590 e. The molecule has 82 valence electrons. The average molecular weight is 270 g/mol. The number of rotatable bonds is 6. The van der Waals surface area contributed by atoms with Gasteiger partial charge in [-0.2, -0.15) is 0 Å². The molecule has 0 aromatic carbocycles. The Morgan fingerprint density at radius 3 is 3.00 bits per heavy atom. The lowest BCUT2D eigenvalue weighted by molar-refractivity contribution is 0.659. The summed E-state index contributed by atoms with van der Waals surface area (Å²) in [6.45, 7) is 2.11. The second kappa shape index (κ2) is 5.47. The molecule has 2 N–H and O–H groups in total. The van der Waals surface area contributed by atoms with Gasteiger partial charge in [0.25, 0.3) is 0 Å². The van der Waals surface area contributed by atoms with Gasteiger partial charge in [-0.1, -0.05) is 0 Å². The van der Waals surface area contributed by atoms with Crippen LogP contribution in [0.2, 0.25) is 0 Å². The zero-order valence-corrected chi connectivity index (χ0v) is 10.3. The molecule has 0 unspecified atom stereocenters. The highest BCUT2D eigenvalue weighted by molar-refractivity contribution is 9.10. The van der Waals surface area contributed by atoms with Crippen molar-refractivity contribution in [2.24, 2.45) is 0 Å². The Kier molecular flexibility index (Phi) is 3.97. The number of halogens is 1. The summed E-state index contributed by atoms with van der Waals surface area (Å²) in [6.07, 6.45) is 7.50. The number of nitrogens with one attached hydrogen (secondary N) is 2.